The first kappa shape index (κ1) is 16.5. The van der Waals surface area contributed by atoms with E-state index in [1.54, 1.807) is 0 Å². The molecule has 67 valence electrons. The van der Waals surface area contributed by atoms with Crippen molar-refractivity contribution in [1.82, 2.24) is 0 Å². The van der Waals surface area contributed by atoms with Crippen LogP contribution in [0.5, 0.6) is 0 Å². The van der Waals surface area contributed by atoms with Crippen LogP contribution in [0, 0.1) is 0 Å². The predicted molar refractivity (Wildman–Crippen MR) is 36.0 cm³/mol. The number of carboxylic acids is 1. The first-order valence-corrected chi connectivity index (χ1v) is 2.65. The van der Waals surface area contributed by atoms with Gasteiger partial charge in [0.05, 0.1) is 0 Å². The zero-order chi connectivity index (χ0) is 7.86. The van der Waals surface area contributed by atoms with Crippen LogP contribution in [0.3, 0.4) is 0 Å². The molecule has 0 aromatic heterocycles. The van der Waals surface area contributed by atoms with Crippen molar-refractivity contribution in [2.24, 2.45) is 11.5 Å². The van der Waals surface area contributed by atoms with E-state index < -0.39 is 5.97 Å². The maximum Gasteiger partial charge on any atom is 0.300 e. The number of carbonyl (C=O) groups is 1. The topological polar surface area (TPSA) is 89.3 Å². The Balaban J connectivity index is -0.0000000910. The van der Waals surface area contributed by atoms with E-state index in [-0.39, 0.29) is 23.1 Å². The normalized spacial score (nSPS) is 10.0. The Morgan fingerprint density at radius 3 is 1.80 bits per heavy atom. The first-order chi connectivity index (χ1) is 4.00. The Hall–Kier alpha value is -0.0905. The molecule has 0 saturated heterocycles. The number of hydrogen-bond donors (Lipinski definition) is 3. The maximum absolute atomic E-state index is 9.00. The van der Waals surface area contributed by atoms with Crippen LogP contribution >= 0.6 is 0 Å². The standard InChI is InChI=1S/C3H10N2.C2H4O2.Cu/c1-3(5)2-4;1-2(3)4;/h3H,2,4-5H2,1H3;1H3,(H,3,4);. The summed E-state index contributed by atoms with van der Waals surface area (Å²) in [7, 11) is 0. The smallest absolute Gasteiger partial charge is 0.300 e. The van der Waals surface area contributed by atoms with Crippen molar-refractivity contribution in [2.45, 2.75) is 19.9 Å². The fourth-order valence-corrected chi connectivity index (χ4v) is 0. The van der Waals surface area contributed by atoms with Gasteiger partial charge < -0.3 is 16.6 Å². The van der Waals surface area contributed by atoms with Gasteiger partial charge in [-0.15, -0.1) is 0 Å². The Bertz CT molecular complexity index is 74.0. The number of aliphatic carboxylic acids is 1. The van der Waals surface area contributed by atoms with E-state index in [0.29, 0.717) is 6.54 Å². The molecule has 0 heterocycles. The van der Waals surface area contributed by atoms with Crippen LogP contribution in [0.2, 0.25) is 0 Å². The van der Waals surface area contributed by atoms with Crippen molar-refractivity contribution in [3.8, 4) is 0 Å². The number of rotatable bonds is 1. The first-order valence-electron chi connectivity index (χ1n) is 2.65. The summed E-state index contributed by atoms with van der Waals surface area (Å²) in [5.74, 6) is -0.833. The molecule has 0 spiro atoms. The summed E-state index contributed by atoms with van der Waals surface area (Å²) in [5.41, 5.74) is 10.2. The summed E-state index contributed by atoms with van der Waals surface area (Å²) in [6, 6.07) is 0.162. The molecule has 0 saturated carbocycles. The molecule has 1 radical (unpaired) electrons. The van der Waals surface area contributed by atoms with Crippen molar-refractivity contribution in [3.63, 3.8) is 0 Å². The molecule has 0 aromatic rings. The minimum atomic E-state index is -0.833. The molecule has 0 aromatic carbocycles. The minimum absolute atomic E-state index is 0. The van der Waals surface area contributed by atoms with E-state index in [1.807, 2.05) is 6.92 Å². The summed E-state index contributed by atoms with van der Waals surface area (Å²) in [6.45, 7) is 3.54. The van der Waals surface area contributed by atoms with Crippen LogP contribution < -0.4 is 11.5 Å². The predicted octanol–water partition coefficient (Wildman–Crippen LogP) is -0.619. The zero-order valence-corrected chi connectivity index (χ0v) is 7.04. The second kappa shape index (κ2) is 11.7. The average molecular weight is 198 g/mol. The summed E-state index contributed by atoms with van der Waals surface area (Å²) < 4.78 is 0. The van der Waals surface area contributed by atoms with Crippen molar-refractivity contribution in [3.05, 3.63) is 0 Å². The Labute approximate surface area is 71.4 Å². The average Bonchev–Trinajstić information content (AvgIpc) is 1.65. The molecular weight excluding hydrogens is 184 g/mol. The Kier molecular flexibility index (Phi) is 19.2. The van der Waals surface area contributed by atoms with Gasteiger partial charge in [-0.25, -0.2) is 0 Å². The molecule has 0 bridgehead atoms. The molecule has 0 aliphatic heterocycles. The van der Waals surface area contributed by atoms with E-state index in [0.717, 1.165) is 6.92 Å². The van der Waals surface area contributed by atoms with Gasteiger partial charge in [0.2, 0.25) is 0 Å². The minimum Gasteiger partial charge on any atom is -0.481 e. The SMILES string of the molecule is CC(=O)O.CC(N)CN.[Cu]. The van der Waals surface area contributed by atoms with E-state index in [2.05, 4.69) is 0 Å². The second-order valence-corrected chi connectivity index (χ2v) is 1.73. The fourth-order valence-electron chi connectivity index (χ4n) is 0. The van der Waals surface area contributed by atoms with Gasteiger partial charge in [-0.2, -0.15) is 0 Å². The third-order valence-corrected chi connectivity index (χ3v) is 0.372. The maximum atomic E-state index is 9.00. The third-order valence-electron chi connectivity index (χ3n) is 0.372. The van der Waals surface area contributed by atoms with Crippen LogP contribution in [0.1, 0.15) is 13.8 Å². The zero-order valence-electron chi connectivity index (χ0n) is 6.10. The van der Waals surface area contributed by atoms with E-state index in [1.165, 1.54) is 0 Å². The summed E-state index contributed by atoms with van der Waals surface area (Å²) in [4.78, 5) is 9.00. The molecule has 4 nitrogen and oxygen atoms in total. The molecule has 0 fully saturated rings. The van der Waals surface area contributed by atoms with Crippen LogP contribution in [0.4, 0.5) is 0 Å². The van der Waals surface area contributed by atoms with Gasteiger partial charge in [-0.3, -0.25) is 4.79 Å². The molecule has 1 unspecified atom stereocenters. The van der Waals surface area contributed by atoms with Crippen molar-refractivity contribution in [2.75, 3.05) is 6.54 Å². The van der Waals surface area contributed by atoms with E-state index in [4.69, 9.17) is 21.4 Å². The summed E-state index contributed by atoms with van der Waals surface area (Å²) in [6.07, 6.45) is 0. The van der Waals surface area contributed by atoms with Gasteiger partial charge in [0, 0.05) is 36.6 Å². The number of carboxylic acid groups (broad SMARTS) is 1. The monoisotopic (exact) mass is 197 g/mol. The van der Waals surface area contributed by atoms with Crippen LogP contribution in [-0.4, -0.2) is 23.7 Å². The van der Waals surface area contributed by atoms with E-state index >= 15 is 0 Å². The molecule has 0 aliphatic carbocycles. The van der Waals surface area contributed by atoms with Gasteiger partial charge in [-0.05, 0) is 6.92 Å². The molecule has 10 heavy (non-hydrogen) atoms. The molecule has 5 N–H and O–H groups in total. The van der Waals surface area contributed by atoms with Gasteiger partial charge in [0.1, 0.15) is 0 Å². The summed E-state index contributed by atoms with van der Waals surface area (Å²) in [5, 5.41) is 7.42. The van der Waals surface area contributed by atoms with Crippen molar-refractivity contribution in [1.29, 1.82) is 0 Å². The second-order valence-electron chi connectivity index (χ2n) is 1.73. The Morgan fingerprint density at radius 2 is 1.80 bits per heavy atom. The van der Waals surface area contributed by atoms with Gasteiger partial charge in [0.15, 0.2) is 0 Å². The van der Waals surface area contributed by atoms with E-state index in [9.17, 15) is 0 Å². The van der Waals surface area contributed by atoms with Crippen LogP contribution in [-0.2, 0) is 21.9 Å². The largest absolute Gasteiger partial charge is 0.481 e. The molecule has 0 amide bonds. The van der Waals surface area contributed by atoms with Crippen LogP contribution in [0.15, 0.2) is 0 Å². The molecule has 5 heteroatoms. The Morgan fingerprint density at radius 1 is 1.70 bits per heavy atom. The fraction of sp³-hybridized carbons (Fsp3) is 0.800. The molecular formula is C5H14CuN2O2. The summed E-state index contributed by atoms with van der Waals surface area (Å²) >= 11 is 0. The van der Waals surface area contributed by atoms with Gasteiger partial charge in [0.25, 0.3) is 5.97 Å². The molecule has 0 aliphatic rings. The molecule has 0 rings (SSSR count). The van der Waals surface area contributed by atoms with Gasteiger partial charge in [-0.1, -0.05) is 0 Å². The third kappa shape index (κ3) is 104. The number of hydrogen-bond acceptors (Lipinski definition) is 3. The number of nitrogens with two attached hydrogens (primary N) is 2. The molecule has 1 atom stereocenters. The van der Waals surface area contributed by atoms with Gasteiger partial charge >= 0.3 is 0 Å². The quantitative estimate of drug-likeness (QED) is 0.489. The van der Waals surface area contributed by atoms with Crippen LogP contribution in [0.25, 0.3) is 0 Å². The van der Waals surface area contributed by atoms with Crippen molar-refractivity contribution >= 4 is 5.97 Å². The van der Waals surface area contributed by atoms with Crippen molar-refractivity contribution < 1.29 is 27.0 Å².